The summed E-state index contributed by atoms with van der Waals surface area (Å²) in [5.74, 6) is -0.774. The normalized spacial score (nSPS) is 10.6. The highest BCUT2D eigenvalue weighted by molar-refractivity contribution is 5.72. The number of hydrogen-bond acceptors (Lipinski definition) is 1. The van der Waals surface area contributed by atoms with Gasteiger partial charge in [-0.1, -0.05) is 74.7 Å². The molecule has 2 nitrogen and oxygen atoms in total. The van der Waals surface area contributed by atoms with Crippen LogP contribution in [0.2, 0.25) is 0 Å². The fourth-order valence-electron chi connectivity index (χ4n) is 2.78. The molecule has 22 heavy (non-hydrogen) atoms. The van der Waals surface area contributed by atoms with E-state index in [0.29, 0.717) is 0 Å². The zero-order valence-corrected chi connectivity index (χ0v) is 13.2. The minimum Gasteiger partial charge on any atom is -0.481 e. The Morgan fingerprint density at radius 3 is 2.45 bits per heavy atom. The lowest BCUT2D eigenvalue weighted by molar-refractivity contribution is -0.136. The maximum absolute atomic E-state index is 10.9. The molecule has 116 valence electrons. The Kier molecular flexibility index (Phi) is 6.20. The van der Waals surface area contributed by atoms with E-state index < -0.39 is 5.97 Å². The molecular weight excluding hydrogens is 272 g/mol. The lowest BCUT2D eigenvalue weighted by Crippen LogP contribution is -2.01. The van der Waals surface area contributed by atoms with Gasteiger partial charge in [-0.3, -0.25) is 4.79 Å². The van der Waals surface area contributed by atoms with E-state index in [4.69, 9.17) is 5.11 Å². The summed E-state index contributed by atoms with van der Waals surface area (Å²) >= 11 is 0. The molecule has 0 aliphatic carbocycles. The Morgan fingerprint density at radius 1 is 1.00 bits per heavy atom. The second-order valence-electron chi connectivity index (χ2n) is 5.74. The Hall–Kier alpha value is -2.09. The third-order valence-electron chi connectivity index (χ3n) is 3.91. The molecule has 0 atom stereocenters. The molecular formula is C20H24O2. The molecule has 2 rings (SSSR count). The average molecular weight is 296 g/mol. The highest BCUT2D eigenvalue weighted by atomic mass is 16.4. The zero-order valence-electron chi connectivity index (χ0n) is 13.2. The number of carbonyl (C=O) groups is 1. The van der Waals surface area contributed by atoms with Gasteiger partial charge in [0.15, 0.2) is 0 Å². The summed E-state index contributed by atoms with van der Waals surface area (Å²) in [6.45, 7) is 2.21. The quantitative estimate of drug-likeness (QED) is 0.688. The highest BCUT2D eigenvalue weighted by Crippen LogP contribution is 2.26. The third-order valence-corrected chi connectivity index (χ3v) is 3.91. The molecule has 1 N–H and O–H groups in total. The molecule has 2 aromatic carbocycles. The molecule has 0 heterocycles. The van der Waals surface area contributed by atoms with E-state index in [9.17, 15) is 4.79 Å². The number of carboxylic acid groups (broad SMARTS) is 1. The second kappa shape index (κ2) is 8.38. The third kappa shape index (κ3) is 4.73. The summed E-state index contributed by atoms with van der Waals surface area (Å²) in [5.41, 5.74) is 4.58. The maximum Gasteiger partial charge on any atom is 0.307 e. The van der Waals surface area contributed by atoms with Crippen LogP contribution in [0.25, 0.3) is 11.1 Å². The molecule has 0 fully saturated rings. The van der Waals surface area contributed by atoms with Crippen LogP contribution in [0.5, 0.6) is 0 Å². The molecule has 0 radical (unpaired) electrons. The van der Waals surface area contributed by atoms with Gasteiger partial charge in [-0.05, 0) is 35.1 Å². The van der Waals surface area contributed by atoms with Crippen molar-refractivity contribution in [3.63, 3.8) is 0 Å². The number of aryl methyl sites for hydroxylation is 1. The van der Waals surface area contributed by atoms with Crippen molar-refractivity contribution in [2.75, 3.05) is 0 Å². The molecule has 0 unspecified atom stereocenters. The van der Waals surface area contributed by atoms with Crippen LogP contribution in [-0.2, 0) is 17.6 Å². The van der Waals surface area contributed by atoms with Crippen molar-refractivity contribution >= 4 is 5.97 Å². The standard InChI is InChI=1S/C20H24O2/c1-2-3-4-6-11-18-14-16(15-20(21)22)12-13-19(18)17-9-7-5-8-10-17/h5,7-10,12-14H,2-4,6,11,15H2,1H3,(H,21,22). The van der Waals surface area contributed by atoms with Crippen LogP contribution < -0.4 is 0 Å². The number of benzene rings is 2. The minimum atomic E-state index is -0.774. The first-order valence-electron chi connectivity index (χ1n) is 8.09. The molecule has 0 bridgehead atoms. The molecule has 0 amide bonds. The number of aliphatic carboxylic acids is 1. The van der Waals surface area contributed by atoms with Gasteiger partial charge in [0.05, 0.1) is 6.42 Å². The Bertz CT molecular complexity index is 602. The number of hydrogen-bond donors (Lipinski definition) is 1. The summed E-state index contributed by atoms with van der Waals surface area (Å²) in [6.07, 6.45) is 5.98. The van der Waals surface area contributed by atoms with Gasteiger partial charge in [-0.15, -0.1) is 0 Å². The van der Waals surface area contributed by atoms with Gasteiger partial charge in [-0.25, -0.2) is 0 Å². The van der Waals surface area contributed by atoms with E-state index in [2.05, 4.69) is 31.2 Å². The van der Waals surface area contributed by atoms with Gasteiger partial charge in [0.1, 0.15) is 0 Å². The first-order chi connectivity index (χ1) is 10.7. The lowest BCUT2D eigenvalue weighted by Gasteiger charge is -2.12. The molecule has 0 aliphatic rings. The Labute approximate surface area is 132 Å². The molecule has 0 aromatic heterocycles. The average Bonchev–Trinajstić information content (AvgIpc) is 2.52. The van der Waals surface area contributed by atoms with Gasteiger partial charge in [0.25, 0.3) is 0 Å². The van der Waals surface area contributed by atoms with E-state index in [0.717, 1.165) is 18.4 Å². The van der Waals surface area contributed by atoms with Crippen molar-refractivity contribution in [1.82, 2.24) is 0 Å². The zero-order chi connectivity index (χ0) is 15.8. The van der Waals surface area contributed by atoms with E-state index >= 15 is 0 Å². The van der Waals surface area contributed by atoms with Crippen LogP contribution in [0.4, 0.5) is 0 Å². The van der Waals surface area contributed by atoms with Gasteiger partial charge in [0.2, 0.25) is 0 Å². The van der Waals surface area contributed by atoms with Crippen molar-refractivity contribution in [3.05, 3.63) is 59.7 Å². The molecule has 0 aliphatic heterocycles. The summed E-state index contributed by atoms with van der Waals surface area (Å²) in [7, 11) is 0. The second-order valence-corrected chi connectivity index (χ2v) is 5.74. The van der Waals surface area contributed by atoms with Gasteiger partial charge in [0, 0.05) is 0 Å². The molecule has 2 aromatic rings. The molecule has 2 heteroatoms. The maximum atomic E-state index is 10.9. The summed E-state index contributed by atoms with van der Waals surface area (Å²) in [4.78, 5) is 10.9. The minimum absolute atomic E-state index is 0.0943. The number of rotatable bonds is 8. The van der Waals surface area contributed by atoms with Crippen molar-refractivity contribution in [3.8, 4) is 11.1 Å². The largest absolute Gasteiger partial charge is 0.481 e. The summed E-state index contributed by atoms with van der Waals surface area (Å²) in [5, 5.41) is 8.99. The van der Waals surface area contributed by atoms with E-state index in [1.54, 1.807) is 0 Å². The van der Waals surface area contributed by atoms with Crippen molar-refractivity contribution in [1.29, 1.82) is 0 Å². The van der Waals surface area contributed by atoms with E-state index in [1.807, 2.05) is 24.3 Å². The topological polar surface area (TPSA) is 37.3 Å². The predicted molar refractivity (Wildman–Crippen MR) is 91.1 cm³/mol. The van der Waals surface area contributed by atoms with E-state index in [-0.39, 0.29) is 6.42 Å². The Balaban J connectivity index is 2.24. The fraction of sp³-hybridized carbons (Fsp3) is 0.350. The van der Waals surface area contributed by atoms with Crippen LogP contribution in [-0.4, -0.2) is 11.1 Å². The van der Waals surface area contributed by atoms with Crippen molar-refractivity contribution in [2.24, 2.45) is 0 Å². The SMILES string of the molecule is CCCCCCc1cc(CC(=O)O)ccc1-c1ccccc1. The van der Waals surface area contributed by atoms with Crippen LogP contribution in [0.1, 0.15) is 43.7 Å². The summed E-state index contributed by atoms with van der Waals surface area (Å²) < 4.78 is 0. The first-order valence-corrected chi connectivity index (χ1v) is 8.09. The van der Waals surface area contributed by atoms with Crippen LogP contribution >= 0.6 is 0 Å². The van der Waals surface area contributed by atoms with Gasteiger partial charge >= 0.3 is 5.97 Å². The lowest BCUT2D eigenvalue weighted by atomic mass is 9.93. The van der Waals surface area contributed by atoms with Crippen molar-refractivity contribution in [2.45, 2.75) is 45.4 Å². The molecule has 0 spiro atoms. The van der Waals surface area contributed by atoms with Crippen molar-refractivity contribution < 1.29 is 9.90 Å². The fourth-order valence-corrected chi connectivity index (χ4v) is 2.78. The number of unbranched alkanes of at least 4 members (excludes halogenated alkanes) is 3. The van der Waals surface area contributed by atoms with Crippen LogP contribution in [0.3, 0.4) is 0 Å². The Morgan fingerprint density at radius 2 is 1.77 bits per heavy atom. The van der Waals surface area contributed by atoms with Crippen LogP contribution in [0, 0.1) is 0 Å². The summed E-state index contributed by atoms with van der Waals surface area (Å²) in [6, 6.07) is 16.4. The molecule has 0 saturated heterocycles. The first kappa shape index (κ1) is 16.3. The van der Waals surface area contributed by atoms with Crippen LogP contribution in [0.15, 0.2) is 48.5 Å². The predicted octanol–water partition coefficient (Wildman–Crippen LogP) is 5.10. The number of carboxylic acids is 1. The van der Waals surface area contributed by atoms with Gasteiger partial charge in [-0.2, -0.15) is 0 Å². The monoisotopic (exact) mass is 296 g/mol. The van der Waals surface area contributed by atoms with Gasteiger partial charge < -0.3 is 5.11 Å². The molecule has 0 saturated carbocycles. The highest BCUT2D eigenvalue weighted by Gasteiger charge is 2.08. The smallest absolute Gasteiger partial charge is 0.307 e. The van der Waals surface area contributed by atoms with E-state index in [1.165, 1.54) is 36.0 Å².